The van der Waals surface area contributed by atoms with Crippen LogP contribution in [-0.2, 0) is 9.53 Å². The minimum atomic E-state index is -0.311. The van der Waals surface area contributed by atoms with Crippen molar-refractivity contribution in [2.75, 3.05) is 25.0 Å². The number of carbonyl (C=O) groups is 1. The first-order valence-electron chi connectivity index (χ1n) is 8.41. The molecule has 0 unspecified atom stereocenters. The lowest BCUT2D eigenvalue weighted by Crippen LogP contribution is -2.48. The zero-order valence-corrected chi connectivity index (χ0v) is 14.7. The molecule has 0 bridgehead atoms. The fraction of sp³-hybridized carbons (Fsp3) is 0.444. The summed E-state index contributed by atoms with van der Waals surface area (Å²) in [5.41, 5.74) is 1.46. The molecule has 1 amide bonds. The molecule has 0 saturated carbocycles. The van der Waals surface area contributed by atoms with Gasteiger partial charge in [-0.05, 0) is 45.0 Å². The molecule has 0 aliphatic carbocycles. The molecular formula is C18H23FN4O2. The lowest BCUT2D eigenvalue weighted by atomic mass is 10.2. The standard InChI is InChI=1S/C18H23FN4O2/c1-12-8-17(23(21-12)16-6-4-15(19)5-7-16)20-18(24)11-22-9-13(2)25-14(3)10-22/h4-8,13-14H,9-11H2,1-3H3,(H,20,24)/t13-,14-/m0/s1. The molecule has 2 atom stereocenters. The number of carbonyl (C=O) groups excluding carboxylic acids is 1. The summed E-state index contributed by atoms with van der Waals surface area (Å²) in [4.78, 5) is 14.5. The van der Waals surface area contributed by atoms with E-state index in [4.69, 9.17) is 4.74 Å². The van der Waals surface area contributed by atoms with Gasteiger partial charge in [0.25, 0.3) is 0 Å². The van der Waals surface area contributed by atoms with Gasteiger partial charge >= 0.3 is 0 Å². The topological polar surface area (TPSA) is 59.4 Å². The number of amides is 1. The summed E-state index contributed by atoms with van der Waals surface area (Å²) in [5, 5.41) is 7.29. The quantitative estimate of drug-likeness (QED) is 0.923. The zero-order valence-electron chi connectivity index (χ0n) is 14.7. The smallest absolute Gasteiger partial charge is 0.239 e. The summed E-state index contributed by atoms with van der Waals surface area (Å²) >= 11 is 0. The minimum Gasteiger partial charge on any atom is -0.373 e. The van der Waals surface area contributed by atoms with Crippen molar-refractivity contribution < 1.29 is 13.9 Å². The summed E-state index contributed by atoms with van der Waals surface area (Å²) in [6, 6.07) is 7.79. The Labute approximate surface area is 146 Å². The van der Waals surface area contributed by atoms with Crippen LogP contribution in [0, 0.1) is 12.7 Å². The van der Waals surface area contributed by atoms with Crippen molar-refractivity contribution in [3.05, 3.63) is 41.8 Å². The zero-order chi connectivity index (χ0) is 18.0. The minimum absolute atomic E-state index is 0.107. The third kappa shape index (κ3) is 4.43. The highest BCUT2D eigenvalue weighted by atomic mass is 19.1. The van der Waals surface area contributed by atoms with E-state index < -0.39 is 0 Å². The Bertz CT molecular complexity index is 734. The first-order valence-corrected chi connectivity index (χ1v) is 8.41. The van der Waals surface area contributed by atoms with E-state index in [0.29, 0.717) is 18.1 Å². The number of morpholine rings is 1. The predicted octanol–water partition coefficient (Wildman–Crippen LogP) is 2.37. The molecule has 0 radical (unpaired) electrons. The largest absolute Gasteiger partial charge is 0.373 e. The number of hydrogen-bond donors (Lipinski definition) is 1. The van der Waals surface area contributed by atoms with Gasteiger partial charge in [-0.15, -0.1) is 0 Å². The monoisotopic (exact) mass is 346 g/mol. The Morgan fingerprint density at radius 2 is 1.92 bits per heavy atom. The van der Waals surface area contributed by atoms with Crippen molar-refractivity contribution in [2.45, 2.75) is 33.0 Å². The number of aryl methyl sites for hydroxylation is 1. The van der Waals surface area contributed by atoms with Gasteiger partial charge in [0.1, 0.15) is 11.6 Å². The Kier molecular flexibility index (Phi) is 5.15. The van der Waals surface area contributed by atoms with Gasteiger partial charge in [0.2, 0.25) is 5.91 Å². The maximum Gasteiger partial charge on any atom is 0.239 e. The molecule has 3 rings (SSSR count). The number of nitrogens with one attached hydrogen (secondary N) is 1. The van der Waals surface area contributed by atoms with Gasteiger partial charge in [0, 0.05) is 19.2 Å². The second-order valence-corrected chi connectivity index (χ2v) is 6.56. The first kappa shape index (κ1) is 17.6. The van der Waals surface area contributed by atoms with Crippen LogP contribution in [0.5, 0.6) is 0 Å². The Balaban J connectivity index is 1.70. The molecule has 1 aliphatic heterocycles. The van der Waals surface area contributed by atoms with Gasteiger partial charge in [-0.1, -0.05) is 0 Å². The van der Waals surface area contributed by atoms with Gasteiger partial charge in [-0.3, -0.25) is 9.69 Å². The van der Waals surface area contributed by atoms with E-state index in [0.717, 1.165) is 18.8 Å². The summed E-state index contributed by atoms with van der Waals surface area (Å²) in [6.45, 7) is 7.62. The highest BCUT2D eigenvalue weighted by Gasteiger charge is 2.24. The second-order valence-electron chi connectivity index (χ2n) is 6.56. The van der Waals surface area contributed by atoms with Crippen LogP contribution >= 0.6 is 0 Å². The molecule has 1 saturated heterocycles. The molecule has 25 heavy (non-hydrogen) atoms. The maximum atomic E-state index is 13.1. The molecule has 1 aliphatic rings. The molecule has 1 aromatic carbocycles. The van der Waals surface area contributed by atoms with Crippen molar-refractivity contribution in [3.8, 4) is 5.69 Å². The van der Waals surface area contributed by atoms with Crippen LogP contribution in [0.4, 0.5) is 10.2 Å². The summed E-state index contributed by atoms with van der Waals surface area (Å²) in [7, 11) is 0. The molecule has 2 heterocycles. The summed E-state index contributed by atoms with van der Waals surface area (Å²) in [6.07, 6.45) is 0.229. The molecule has 7 heteroatoms. The van der Waals surface area contributed by atoms with Crippen molar-refractivity contribution >= 4 is 11.7 Å². The maximum absolute atomic E-state index is 13.1. The average molecular weight is 346 g/mol. The summed E-state index contributed by atoms with van der Waals surface area (Å²) in [5.74, 6) is 0.154. The second kappa shape index (κ2) is 7.33. The highest BCUT2D eigenvalue weighted by molar-refractivity contribution is 5.91. The number of ether oxygens (including phenoxy) is 1. The fourth-order valence-corrected chi connectivity index (χ4v) is 3.17. The van der Waals surface area contributed by atoms with E-state index in [1.54, 1.807) is 22.9 Å². The molecule has 0 spiro atoms. The van der Waals surface area contributed by atoms with Crippen LogP contribution in [-0.4, -0.2) is 52.4 Å². The number of nitrogens with zero attached hydrogens (tertiary/aromatic N) is 3. The van der Waals surface area contributed by atoms with E-state index in [9.17, 15) is 9.18 Å². The fourth-order valence-electron chi connectivity index (χ4n) is 3.17. The molecule has 134 valence electrons. The molecule has 1 fully saturated rings. The number of halogens is 1. The first-order chi connectivity index (χ1) is 11.9. The van der Waals surface area contributed by atoms with Crippen LogP contribution in [0.2, 0.25) is 0 Å². The van der Waals surface area contributed by atoms with Crippen molar-refractivity contribution in [1.82, 2.24) is 14.7 Å². The Morgan fingerprint density at radius 3 is 2.56 bits per heavy atom. The average Bonchev–Trinajstić information content (AvgIpc) is 2.87. The van der Waals surface area contributed by atoms with Crippen LogP contribution < -0.4 is 5.32 Å². The van der Waals surface area contributed by atoms with Crippen LogP contribution in [0.1, 0.15) is 19.5 Å². The van der Waals surface area contributed by atoms with Gasteiger partial charge < -0.3 is 10.1 Å². The van der Waals surface area contributed by atoms with Gasteiger partial charge in [-0.25, -0.2) is 9.07 Å². The number of rotatable bonds is 4. The molecule has 1 N–H and O–H groups in total. The molecule has 2 aromatic rings. The van der Waals surface area contributed by atoms with E-state index >= 15 is 0 Å². The van der Waals surface area contributed by atoms with E-state index in [1.807, 2.05) is 20.8 Å². The van der Waals surface area contributed by atoms with E-state index in [2.05, 4.69) is 15.3 Å². The number of aromatic nitrogens is 2. The van der Waals surface area contributed by atoms with Crippen molar-refractivity contribution in [2.24, 2.45) is 0 Å². The van der Waals surface area contributed by atoms with Gasteiger partial charge in [-0.2, -0.15) is 5.10 Å². The van der Waals surface area contributed by atoms with Crippen molar-refractivity contribution in [3.63, 3.8) is 0 Å². The van der Waals surface area contributed by atoms with E-state index in [-0.39, 0.29) is 23.9 Å². The van der Waals surface area contributed by atoms with E-state index in [1.165, 1.54) is 12.1 Å². The number of benzene rings is 1. The summed E-state index contributed by atoms with van der Waals surface area (Å²) < 4.78 is 20.4. The third-order valence-electron chi connectivity index (χ3n) is 4.03. The third-order valence-corrected chi connectivity index (χ3v) is 4.03. The lowest BCUT2D eigenvalue weighted by Gasteiger charge is -2.34. The predicted molar refractivity (Wildman–Crippen MR) is 93.3 cm³/mol. The van der Waals surface area contributed by atoms with Crippen LogP contribution in [0.25, 0.3) is 5.69 Å². The highest BCUT2D eigenvalue weighted by Crippen LogP contribution is 2.18. The molecule has 1 aromatic heterocycles. The van der Waals surface area contributed by atoms with Crippen LogP contribution in [0.15, 0.2) is 30.3 Å². The van der Waals surface area contributed by atoms with Gasteiger partial charge in [0.05, 0.1) is 30.1 Å². The van der Waals surface area contributed by atoms with Gasteiger partial charge in [0.15, 0.2) is 0 Å². The Hall–Kier alpha value is -2.25. The molecular weight excluding hydrogens is 323 g/mol. The normalized spacial score (nSPS) is 21.3. The number of hydrogen-bond acceptors (Lipinski definition) is 4. The van der Waals surface area contributed by atoms with Crippen molar-refractivity contribution in [1.29, 1.82) is 0 Å². The number of anilines is 1. The molecule has 6 nitrogen and oxygen atoms in total. The SMILES string of the molecule is Cc1cc(NC(=O)CN2C[C@H](C)O[C@@H](C)C2)n(-c2ccc(F)cc2)n1. The Morgan fingerprint density at radius 1 is 1.28 bits per heavy atom. The lowest BCUT2D eigenvalue weighted by molar-refractivity contribution is -0.121. The van der Waals surface area contributed by atoms with Crippen LogP contribution in [0.3, 0.4) is 0 Å².